The quantitative estimate of drug-likeness (QED) is 0.860. The summed E-state index contributed by atoms with van der Waals surface area (Å²) in [7, 11) is 0. The van der Waals surface area contributed by atoms with Crippen molar-refractivity contribution < 1.29 is 9.13 Å². The van der Waals surface area contributed by atoms with Crippen molar-refractivity contribution in [1.82, 2.24) is 14.7 Å². The van der Waals surface area contributed by atoms with Crippen LogP contribution in [0.3, 0.4) is 0 Å². The van der Waals surface area contributed by atoms with Gasteiger partial charge in [-0.1, -0.05) is 0 Å². The summed E-state index contributed by atoms with van der Waals surface area (Å²) in [5, 5.41) is 4.49. The molecule has 2 aliphatic heterocycles. The van der Waals surface area contributed by atoms with Crippen molar-refractivity contribution >= 4 is 0 Å². The summed E-state index contributed by atoms with van der Waals surface area (Å²) in [6, 6.07) is 5.34. The first-order chi connectivity index (χ1) is 11.8. The second-order valence-electron chi connectivity index (χ2n) is 6.87. The maximum atomic E-state index is 14.3. The molecule has 4 nitrogen and oxygen atoms in total. The topological polar surface area (TPSA) is 30.3 Å². The van der Waals surface area contributed by atoms with Crippen molar-refractivity contribution in [3.63, 3.8) is 0 Å². The lowest BCUT2D eigenvalue weighted by Crippen LogP contribution is -2.17. The van der Waals surface area contributed by atoms with Crippen molar-refractivity contribution in [1.29, 1.82) is 0 Å². The number of ether oxygens (including phenoxy) is 1. The van der Waals surface area contributed by atoms with E-state index in [0.29, 0.717) is 0 Å². The zero-order chi connectivity index (χ0) is 16.4. The Morgan fingerprint density at radius 1 is 1.17 bits per heavy atom. The van der Waals surface area contributed by atoms with Crippen LogP contribution in [-0.2, 0) is 11.3 Å². The van der Waals surface area contributed by atoms with E-state index in [0.717, 1.165) is 43.9 Å². The SMILES string of the molecule is Fc1ccc(-n2cc(CN3CCCC3)cn2)cc1C1CCOCC1. The van der Waals surface area contributed by atoms with Crippen LogP contribution in [0.15, 0.2) is 30.6 Å². The van der Waals surface area contributed by atoms with Crippen molar-refractivity contribution in [3.05, 3.63) is 47.5 Å². The predicted octanol–water partition coefficient (Wildman–Crippen LogP) is 3.50. The molecule has 0 amide bonds. The molecule has 2 fully saturated rings. The molecule has 3 heterocycles. The first-order valence-electron chi connectivity index (χ1n) is 8.93. The summed E-state index contributed by atoms with van der Waals surface area (Å²) < 4.78 is 21.5. The van der Waals surface area contributed by atoms with E-state index in [9.17, 15) is 4.39 Å². The Bertz CT molecular complexity index is 688. The molecule has 0 bridgehead atoms. The average Bonchev–Trinajstić information content (AvgIpc) is 3.29. The van der Waals surface area contributed by atoms with Gasteiger partial charge in [0.05, 0.1) is 11.9 Å². The molecule has 0 spiro atoms. The number of aromatic nitrogens is 2. The van der Waals surface area contributed by atoms with Gasteiger partial charge >= 0.3 is 0 Å². The van der Waals surface area contributed by atoms with Crippen LogP contribution in [0.25, 0.3) is 5.69 Å². The third kappa shape index (κ3) is 3.37. The molecule has 0 aliphatic carbocycles. The van der Waals surface area contributed by atoms with Crippen LogP contribution in [0, 0.1) is 5.82 Å². The smallest absolute Gasteiger partial charge is 0.126 e. The van der Waals surface area contributed by atoms with E-state index in [4.69, 9.17) is 4.74 Å². The summed E-state index contributed by atoms with van der Waals surface area (Å²) in [6.07, 6.45) is 8.36. The van der Waals surface area contributed by atoms with E-state index in [1.807, 2.05) is 23.0 Å². The van der Waals surface area contributed by atoms with E-state index in [1.54, 1.807) is 6.07 Å². The zero-order valence-corrected chi connectivity index (χ0v) is 14.0. The predicted molar refractivity (Wildman–Crippen MR) is 90.8 cm³/mol. The van der Waals surface area contributed by atoms with E-state index >= 15 is 0 Å². The standard InChI is InChI=1S/C19H24FN3O/c20-19-4-3-17(11-18(19)16-5-9-24-10-6-16)23-14-15(12-21-23)13-22-7-1-2-8-22/h3-4,11-12,14,16H,1-2,5-10,13H2. The van der Waals surface area contributed by atoms with Gasteiger partial charge in [-0.25, -0.2) is 9.07 Å². The second-order valence-corrected chi connectivity index (χ2v) is 6.87. The van der Waals surface area contributed by atoms with Crippen LogP contribution in [0.5, 0.6) is 0 Å². The van der Waals surface area contributed by atoms with E-state index in [2.05, 4.69) is 16.2 Å². The van der Waals surface area contributed by atoms with Crippen molar-refractivity contribution in [3.8, 4) is 5.69 Å². The minimum atomic E-state index is -0.116. The number of hydrogen-bond acceptors (Lipinski definition) is 3. The molecule has 0 atom stereocenters. The van der Waals surface area contributed by atoms with Crippen LogP contribution in [0.1, 0.15) is 42.7 Å². The highest BCUT2D eigenvalue weighted by Crippen LogP contribution is 2.30. The average molecular weight is 329 g/mol. The molecule has 1 aromatic heterocycles. The largest absolute Gasteiger partial charge is 0.381 e. The van der Waals surface area contributed by atoms with Crippen molar-refractivity contribution in [2.75, 3.05) is 26.3 Å². The van der Waals surface area contributed by atoms with Gasteiger partial charge in [0.15, 0.2) is 0 Å². The molecule has 5 heteroatoms. The molecule has 0 saturated carbocycles. The Morgan fingerprint density at radius 2 is 1.96 bits per heavy atom. The van der Waals surface area contributed by atoms with Crippen LogP contribution in [-0.4, -0.2) is 41.0 Å². The fourth-order valence-corrected chi connectivity index (χ4v) is 3.78. The lowest BCUT2D eigenvalue weighted by Gasteiger charge is -2.23. The molecule has 2 aromatic rings. The molecule has 2 saturated heterocycles. The highest BCUT2D eigenvalue weighted by molar-refractivity contribution is 5.38. The van der Waals surface area contributed by atoms with Crippen LogP contribution in [0.2, 0.25) is 0 Å². The zero-order valence-electron chi connectivity index (χ0n) is 14.0. The fourth-order valence-electron chi connectivity index (χ4n) is 3.78. The maximum absolute atomic E-state index is 14.3. The van der Waals surface area contributed by atoms with Gasteiger partial charge in [-0.15, -0.1) is 0 Å². The summed E-state index contributed by atoms with van der Waals surface area (Å²) in [5.74, 6) is 0.133. The summed E-state index contributed by atoms with van der Waals surface area (Å²) >= 11 is 0. The number of benzene rings is 1. The molecule has 4 rings (SSSR count). The second kappa shape index (κ2) is 7.03. The Hall–Kier alpha value is -1.72. The van der Waals surface area contributed by atoms with Gasteiger partial charge in [0.25, 0.3) is 0 Å². The van der Waals surface area contributed by atoms with Crippen LogP contribution >= 0.6 is 0 Å². The minimum Gasteiger partial charge on any atom is -0.381 e. The third-order valence-electron chi connectivity index (χ3n) is 5.15. The lowest BCUT2D eigenvalue weighted by atomic mass is 9.91. The number of likely N-dealkylation sites (tertiary alicyclic amines) is 1. The van der Waals surface area contributed by atoms with Gasteiger partial charge in [-0.05, 0) is 68.5 Å². The van der Waals surface area contributed by atoms with Crippen LogP contribution in [0.4, 0.5) is 4.39 Å². The van der Waals surface area contributed by atoms with E-state index < -0.39 is 0 Å². The Balaban J connectivity index is 1.54. The Labute approximate surface area is 142 Å². The first kappa shape index (κ1) is 15.8. The van der Waals surface area contributed by atoms with Gasteiger partial charge < -0.3 is 4.74 Å². The van der Waals surface area contributed by atoms with Gasteiger partial charge in [0.1, 0.15) is 5.82 Å². The number of halogens is 1. The molecule has 128 valence electrons. The lowest BCUT2D eigenvalue weighted by molar-refractivity contribution is 0.0846. The minimum absolute atomic E-state index is 0.116. The molecule has 1 aromatic carbocycles. The van der Waals surface area contributed by atoms with Gasteiger partial charge in [-0.2, -0.15) is 5.10 Å². The summed E-state index contributed by atoms with van der Waals surface area (Å²) in [6.45, 7) is 4.74. The Morgan fingerprint density at radius 3 is 2.75 bits per heavy atom. The highest BCUT2D eigenvalue weighted by Gasteiger charge is 2.20. The fraction of sp³-hybridized carbons (Fsp3) is 0.526. The van der Waals surface area contributed by atoms with Gasteiger partial charge in [0.2, 0.25) is 0 Å². The maximum Gasteiger partial charge on any atom is 0.126 e. The third-order valence-corrected chi connectivity index (χ3v) is 5.15. The van der Waals surface area contributed by atoms with E-state index in [1.165, 1.54) is 31.5 Å². The number of nitrogens with zero attached hydrogens (tertiary/aromatic N) is 3. The normalized spacial score (nSPS) is 19.9. The first-order valence-corrected chi connectivity index (χ1v) is 8.93. The van der Waals surface area contributed by atoms with Gasteiger partial charge in [-0.3, -0.25) is 4.90 Å². The Kier molecular flexibility index (Phi) is 4.63. The number of hydrogen-bond donors (Lipinski definition) is 0. The molecule has 24 heavy (non-hydrogen) atoms. The summed E-state index contributed by atoms with van der Waals surface area (Å²) in [5.41, 5.74) is 2.95. The van der Waals surface area contributed by atoms with Crippen molar-refractivity contribution in [2.45, 2.75) is 38.1 Å². The summed E-state index contributed by atoms with van der Waals surface area (Å²) in [4.78, 5) is 2.46. The molecule has 0 unspecified atom stereocenters. The van der Waals surface area contributed by atoms with Gasteiger partial charge in [0, 0.05) is 31.5 Å². The number of rotatable bonds is 4. The molecule has 2 aliphatic rings. The molecular formula is C19H24FN3O. The molecular weight excluding hydrogens is 305 g/mol. The van der Waals surface area contributed by atoms with Crippen LogP contribution < -0.4 is 0 Å². The van der Waals surface area contributed by atoms with Crippen molar-refractivity contribution in [2.24, 2.45) is 0 Å². The monoisotopic (exact) mass is 329 g/mol. The molecule has 0 N–H and O–H groups in total. The molecule has 0 radical (unpaired) electrons. The highest BCUT2D eigenvalue weighted by atomic mass is 19.1. The van der Waals surface area contributed by atoms with E-state index in [-0.39, 0.29) is 11.7 Å².